The van der Waals surface area contributed by atoms with Gasteiger partial charge in [-0.05, 0) is 97.7 Å². The quantitative estimate of drug-likeness (QED) is 0.0362. The van der Waals surface area contributed by atoms with Crippen molar-refractivity contribution >= 4 is 40.7 Å². The fourth-order valence-corrected chi connectivity index (χ4v) is 9.66. The number of β-amino-alcohol motifs (C(OH)–C–C–N with tert-alkyl or cyclic N) is 1. The fraction of sp³-hybridized carbons (Fsp3) is 0.534. The number of likely N-dealkylation sites (tertiary alicyclic amines) is 1. The van der Waals surface area contributed by atoms with Crippen LogP contribution in [0, 0.1) is 26.2 Å². The number of anilines is 1. The van der Waals surface area contributed by atoms with Crippen LogP contribution in [0.1, 0.15) is 132 Å². The second-order valence-corrected chi connectivity index (χ2v) is 22.6. The summed E-state index contributed by atoms with van der Waals surface area (Å²) < 4.78 is 31.0. The van der Waals surface area contributed by atoms with Crippen LogP contribution >= 0.6 is 11.3 Å². The number of rotatable bonds is 27. The molecule has 1 aliphatic heterocycles. The van der Waals surface area contributed by atoms with E-state index in [4.69, 9.17) is 23.7 Å². The SMILES string of the molecule is CCCCOc1ccc(C(C)(C)C)cc1NC(=O)c1nnn(-c2cc(C)c(OCCCCCCOCCOCC(=O)N[C@H](C(=O)N3C[C@H](O)C[C@H]3C(=O)NCc3ccc(-c4scnc4C)cc3)C(C)(C)C)cc2OC)c1C. The van der Waals surface area contributed by atoms with E-state index in [1.54, 1.807) is 30.1 Å². The van der Waals surface area contributed by atoms with Crippen LogP contribution in [0.2, 0.25) is 0 Å². The van der Waals surface area contributed by atoms with E-state index in [1.165, 1.54) is 4.90 Å². The zero-order valence-electron chi connectivity index (χ0n) is 46.9. The normalized spacial score (nSPS) is 15.0. The third kappa shape index (κ3) is 16.6. The Balaban J connectivity index is 0.877. The van der Waals surface area contributed by atoms with Crippen molar-refractivity contribution in [2.24, 2.45) is 5.41 Å². The van der Waals surface area contributed by atoms with Crippen LogP contribution in [0.3, 0.4) is 0 Å². The molecule has 0 unspecified atom stereocenters. The predicted molar refractivity (Wildman–Crippen MR) is 298 cm³/mol. The third-order valence-corrected chi connectivity index (χ3v) is 14.4. The molecule has 18 nitrogen and oxygen atoms in total. The van der Waals surface area contributed by atoms with Gasteiger partial charge in [0.15, 0.2) is 5.69 Å². The zero-order valence-corrected chi connectivity index (χ0v) is 47.7. The number of carbonyl (C=O) groups excluding carboxylic acids is 4. The molecule has 6 rings (SSSR count). The largest absolute Gasteiger partial charge is 0.494 e. The minimum atomic E-state index is -0.962. The number of aryl methyl sites for hydroxylation is 2. The Morgan fingerprint density at radius 1 is 0.831 bits per heavy atom. The van der Waals surface area contributed by atoms with Crippen molar-refractivity contribution in [3.63, 3.8) is 0 Å². The number of nitrogens with one attached hydrogen (secondary N) is 3. The topological polar surface area (TPSA) is 218 Å². The lowest BCUT2D eigenvalue weighted by molar-refractivity contribution is -0.144. The molecular weight excluding hydrogens is 1000 g/mol. The lowest BCUT2D eigenvalue weighted by atomic mass is 9.85. The molecule has 0 radical (unpaired) electrons. The number of carbonyl (C=O) groups is 4. The zero-order chi connectivity index (χ0) is 55.9. The average molecular weight is 1080 g/mol. The molecule has 0 spiro atoms. The van der Waals surface area contributed by atoms with Crippen LogP contribution in [0.25, 0.3) is 16.1 Å². The van der Waals surface area contributed by atoms with Gasteiger partial charge in [-0.15, -0.1) is 16.4 Å². The van der Waals surface area contributed by atoms with Crippen LogP contribution < -0.4 is 30.2 Å². The second kappa shape index (κ2) is 27.8. The number of ether oxygens (including phenoxy) is 5. The van der Waals surface area contributed by atoms with Crippen LogP contribution in [0.15, 0.2) is 60.1 Å². The fourth-order valence-electron chi connectivity index (χ4n) is 8.84. The van der Waals surface area contributed by atoms with E-state index < -0.39 is 41.3 Å². The maximum absolute atomic E-state index is 14.0. The molecule has 5 aromatic rings. The van der Waals surface area contributed by atoms with Crippen LogP contribution in [-0.4, -0.2) is 125 Å². The van der Waals surface area contributed by atoms with Gasteiger partial charge in [-0.1, -0.05) is 96.9 Å². The Labute approximate surface area is 457 Å². The van der Waals surface area contributed by atoms with Gasteiger partial charge in [-0.3, -0.25) is 19.2 Å². The lowest BCUT2D eigenvalue weighted by Crippen LogP contribution is -2.58. The molecule has 3 heterocycles. The van der Waals surface area contributed by atoms with Gasteiger partial charge >= 0.3 is 0 Å². The molecule has 3 aromatic carbocycles. The number of aliphatic hydroxyl groups is 1. The van der Waals surface area contributed by atoms with Crippen LogP contribution in [0.5, 0.6) is 17.2 Å². The average Bonchev–Trinajstić information content (AvgIpc) is 4.12. The van der Waals surface area contributed by atoms with Crippen molar-refractivity contribution in [1.82, 2.24) is 35.5 Å². The summed E-state index contributed by atoms with van der Waals surface area (Å²) in [6, 6.07) is 15.7. The smallest absolute Gasteiger partial charge is 0.278 e. The number of amides is 4. The van der Waals surface area contributed by atoms with Crippen LogP contribution in [-0.2, 0) is 35.8 Å². The molecule has 2 aromatic heterocycles. The first kappa shape index (κ1) is 59.8. The minimum absolute atomic E-state index is 0.0150. The number of nitrogens with zero attached hydrogens (tertiary/aromatic N) is 5. The van der Waals surface area contributed by atoms with Crippen molar-refractivity contribution in [2.75, 3.05) is 58.6 Å². The Hall–Kier alpha value is -6.41. The third-order valence-electron chi connectivity index (χ3n) is 13.4. The monoisotopic (exact) mass is 1080 g/mol. The molecule has 19 heteroatoms. The number of thiazole rings is 1. The minimum Gasteiger partial charge on any atom is -0.494 e. The van der Waals surface area contributed by atoms with Crippen molar-refractivity contribution in [3.8, 4) is 33.4 Å². The van der Waals surface area contributed by atoms with E-state index in [-0.39, 0.29) is 49.7 Å². The van der Waals surface area contributed by atoms with Gasteiger partial charge in [-0.25, -0.2) is 9.67 Å². The Morgan fingerprint density at radius 3 is 2.21 bits per heavy atom. The highest BCUT2D eigenvalue weighted by Crippen LogP contribution is 2.35. The van der Waals surface area contributed by atoms with Crippen LogP contribution in [0.4, 0.5) is 5.69 Å². The van der Waals surface area contributed by atoms with E-state index in [0.717, 1.165) is 71.3 Å². The van der Waals surface area contributed by atoms with Crippen molar-refractivity contribution < 1.29 is 48.0 Å². The number of methoxy groups -OCH3 is 1. The molecule has 3 atom stereocenters. The Bertz CT molecular complexity index is 2760. The van der Waals surface area contributed by atoms with Crippen molar-refractivity contribution in [1.29, 1.82) is 0 Å². The summed E-state index contributed by atoms with van der Waals surface area (Å²) in [5, 5.41) is 28.0. The Morgan fingerprint density at radius 2 is 1.53 bits per heavy atom. The molecule has 0 aliphatic carbocycles. The molecule has 418 valence electrons. The van der Waals surface area contributed by atoms with Crippen molar-refractivity contribution in [3.05, 3.63) is 93.9 Å². The molecule has 4 N–H and O–H groups in total. The van der Waals surface area contributed by atoms with Gasteiger partial charge in [0.2, 0.25) is 17.7 Å². The van der Waals surface area contributed by atoms with E-state index in [0.29, 0.717) is 60.7 Å². The van der Waals surface area contributed by atoms with Gasteiger partial charge in [0.1, 0.15) is 41.6 Å². The highest BCUT2D eigenvalue weighted by molar-refractivity contribution is 7.13. The summed E-state index contributed by atoms with van der Waals surface area (Å²) in [5.41, 5.74) is 7.77. The number of aliphatic hydroxyl groups excluding tert-OH is 1. The maximum Gasteiger partial charge on any atom is 0.278 e. The first-order valence-electron chi connectivity index (χ1n) is 26.7. The standard InChI is InChI=1S/C58H80N8O10S/c1-12-13-25-75-47-23-22-42(57(5,6)7)30-44(47)61-55(70)51-39(4)66(64-63-51)45-29-37(2)48(32-49(45)72-11)76-26-17-15-14-16-24-73-27-28-74-35-50(68)62-53(58(8,9)10)56(71)65-34-43(67)31-46(65)54(69)59-33-40-18-20-41(21-19-40)52-38(3)60-36-77-52/h18-23,29-30,32,36,43,46,53,67H,12-17,24-28,31,33-35H2,1-11H3,(H,59,69)(H,61,70)(H,62,68)/t43-,46+,53-/m1/s1. The second-order valence-electron chi connectivity index (χ2n) is 21.7. The van der Waals surface area contributed by atoms with Gasteiger partial charge in [0, 0.05) is 32.2 Å². The number of hydrogen-bond donors (Lipinski definition) is 4. The summed E-state index contributed by atoms with van der Waals surface area (Å²) in [5.74, 6) is 0.142. The first-order chi connectivity index (χ1) is 36.7. The Kier molecular flexibility index (Phi) is 21.6. The van der Waals surface area contributed by atoms with E-state index in [1.807, 2.05) is 94.7 Å². The van der Waals surface area contributed by atoms with E-state index in [2.05, 4.69) is 58.9 Å². The maximum atomic E-state index is 14.0. The molecule has 0 bridgehead atoms. The molecule has 0 saturated carbocycles. The summed E-state index contributed by atoms with van der Waals surface area (Å²) >= 11 is 1.57. The summed E-state index contributed by atoms with van der Waals surface area (Å²) in [4.78, 5) is 61.0. The highest BCUT2D eigenvalue weighted by atomic mass is 32.1. The first-order valence-corrected chi connectivity index (χ1v) is 27.6. The van der Waals surface area contributed by atoms with Gasteiger partial charge < -0.3 is 49.6 Å². The van der Waals surface area contributed by atoms with Gasteiger partial charge in [0.25, 0.3) is 5.91 Å². The van der Waals surface area contributed by atoms with E-state index in [9.17, 15) is 24.3 Å². The molecule has 1 saturated heterocycles. The van der Waals surface area contributed by atoms with E-state index >= 15 is 0 Å². The summed E-state index contributed by atoms with van der Waals surface area (Å²) in [7, 11) is 1.58. The molecule has 4 amide bonds. The molecule has 1 aliphatic rings. The predicted octanol–water partition coefficient (Wildman–Crippen LogP) is 8.83. The van der Waals surface area contributed by atoms with Gasteiger partial charge in [-0.2, -0.15) is 0 Å². The summed E-state index contributed by atoms with van der Waals surface area (Å²) in [6.45, 7) is 21.8. The van der Waals surface area contributed by atoms with Crippen molar-refractivity contribution in [2.45, 2.75) is 144 Å². The number of hydrogen-bond acceptors (Lipinski definition) is 14. The number of benzene rings is 3. The summed E-state index contributed by atoms with van der Waals surface area (Å²) in [6.07, 6.45) is 4.67. The lowest BCUT2D eigenvalue weighted by Gasteiger charge is -2.35. The molecule has 1 fully saturated rings. The highest BCUT2D eigenvalue weighted by Gasteiger charge is 2.44. The number of aromatic nitrogens is 4. The molecule has 77 heavy (non-hydrogen) atoms. The molecular formula is C58H80N8O10S. The van der Waals surface area contributed by atoms with Gasteiger partial charge in [0.05, 0.1) is 67.1 Å². The number of unbranched alkanes of at least 4 members (excludes halogenated alkanes) is 4.